The summed E-state index contributed by atoms with van der Waals surface area (Å²) in [6.45, 7) is 2.33. The smallest absolute Gasteiger partial charge is 0.0666 e. The SMILES string of the molecule is NCC1CCCC1OCCn1cccn1. The zero-order chi connectivity index (χ0) is 10.5. The van der Waals surface area contributed by atoms with Gasteiger partial charge in [0.05, 0.1) is 19.3 Å². The van der Waals surface area contributed by atoms with Gasteiger partial charge in [-0.1, -0.05) is 6.42 Å². The zero-order valence-electron chi connectivity index (χ0n) is 9.01. The van der Waals surface area contributed by atoms with E-state index in [0.717, 1.165) is 19.7 Å². The molecule has 1 aromatic heterocycles. The maximum absolute atomic E-state index is 5.84. The van der Waals surface area contributed by atoms with Gasteiger partial charge >= 0.3 is 0 Å². The highest BCUT2D eigenvalue weighted by Crippen LogP contribution is 2.27. The second-order valence-corrected chi connectivity index (χ2v) is 4.11. The Hall–Kier alpha value is -0.870. The van der Waals surface area contributed by atoms with E-state index in [-0.39, 0.29) is 0 Å². The highest BCUT2D eigenvalue weighted by atomic mass is 16.5. The van der Waals surface area contributed by atoms with E-state index >= 15 is 0 Å². The first-order valence-corrected chi connectivity index (χ1v) is 5.69. The fourth-order valence-corrected chi connectivity index (χ4v) is 2.22. The molecule has 0 aliphatic heterocycles. The minimum atomic E-state index is 0.380. The Bertz CT molecular complexity index is 273. The van der Waals surface area contributed by atoms with Crippen LogP contribution < -0.4 is 5.73 Å². The molecule has 1 heterocycles. The van der Waals surface area contributed by atoms with Gasteiger partial charge in [-0.05, 0) is 31.4 Å². The number of nitrogens with zero attached hydrogens (tertiary/aromatic N) is 2. The van der Waals surface area contributed by atoms with Crippen LogP contribution in [0.2, 0.25) is 0 Å². The summed E-state index contributed by atoms with van der Waals surface area (Å²) in [7, 11) is 0. The third-order valence-corrected chi connectivity index (χ3v) is 3.10. The molecule has 0 saturated heterocycles. The average Bonchev–Trinajstić information content (AvgIpc) is 2.88. The molecule has 2 N–H and O–H groups in total. The minimum absolute atomic E-state index is 0.380. The van der Waals surface area contributed by atoms with E-state index in [2.05, 4.69) is 5.10 Å². The van der Waals surface area contributed by atoms with Crippen molar-refractivity contribution >= 4 is 0 Å². The number of aromatic nitrogens is 2. The Balaban J connectivity index is 1.69. The van der Waals surface area contributed by atoms with Crippen LogP contribution in [0.5, 0.6) is 0 Å². The van der Waals surface area contributed by atoms with Gasteiger partial charge in [0.15, 0.2) is 0 Å². The van der Waals surface area contributed by atoms with Crippen LogP contribution in [0.1, 0.15) is 19.3 Å². The number of ether oxygens (including phenoxy) is 1. The first-order valence-electron chi connectivity index (χ1n) is 5.69. The predicted octanol–water partition coefficient (Wildman–Crippen LogP) is 1.03. The summed E-state index contributed by atoms with van der Waals surface area (Å²) in [6, 6.07) is 1.93. The molecule has 1 aliphatic rings. The van der Waals surface area contributed by atoms with Crippen LogP contribution in [-0.2, 0) is 11.3 Å². The van der Waals surface area contributed by atoms with E-state index in [1.807, 2.05) is 16.9 Å². The lowest BCUT2D eigenvalue weighted by atomic mass is 10.1. The lowest BCUT2D eigenvalue weighted by Crippen LogP contribution is -2.26. The van der Waals surface area contributed by atoms with Crippen molar-refractivity contribution in [3.8, 4) is 0 Å². The van der Waals surface area contributed by atoms with E-state index in [4.69, 9.17) is 10.5 Å². The van der Waals surface area contributed by atoms with Crippen molar-refractivity contribution in [2.75, 3.05) is 13.2 Å². The quantitative estimate of drug-likeness (QED) is 0.788. The highest BCUT2D eigenvalue weighted by Gasteiger charge is 2.26. The van der Waals surface area contributed by atoms with Gasteiger partial charge in [0, 0.05) is 12.4 Å². The molecular weight excluding hydrogens is 190 g/mol. The van der Waals surface area contributed by atoms with Crippen LogP contribution in [0, 0.1) is 5.92 Å². The van der Waals surface area contributed by atoms with Crippen LogP contribution in [0.25, 0.3) is 0 Å². The van der Waals surface area contributed by atoms with Gasteiger partial charge in [-0.2, -0.15) is 5.10 Å². The Morgan fingerprint density at radius 2 is 2.40 bits per heavy atom. The molecule has 1 saturated carbocycles. The highest BCUT2D eigenvalue weighted by molar-refractivity contribution is 4.79. The molecule has 4 heteroatoms. The maximum Gasteiger partial charge on any atom is 0.0666 e. The maximum atomic E-state index is 5.84. The van der Waals surface area contributed by atoms with Gasteiger partial charge in [-0.3, -0.25) is 4.68 Å². The van der Waals surface area contributed by atoms with Gasteiger partial charge in [0.2, 0.25) is 0 Å². The molecule has 4 nitrogen and oxygen atoms in total. The summed E-state index contributed by atoms with van der Waals surface area (Å²) in [5, 5.41) is 4.13. The van der Waals surface area contributed by atoms with Crippen molar-refractivity contribution in [2.24, 2.45) is 11.7 Å². The predicted molar refractivity (Wildman–Crippen MR) is 58.4 cm³/mol. The molecule has 15 heavy (non-hydrogen) atoms. The van der Waals surface area contributed by atoms with Crippen LogP contribution >= 0.6 is 0 Å². The van der Waals surface area contributed by atoms with Crippen LogP contribution in [0.4, 0.5) is 0 Å². The number of hydrogen-bond donors (Lipinski definition) is 1. The van der Waals surface area contributed by atoms with E-state index in [0.29, 0.717) is 12.0 Å². The fourth-order valence-electron chi connectivity index (χ4n) is 2.22. The first kappa shape index (κ1) is 10.6. The Morgan fingerprint density at radius 1 is 1.47 bits per heavy atom. The van der Waals surface area contributed by atoms with E-state index < -0.39 is 0 Å². The standard InChI is InChI=1S/C11H19N3O/c12-9-10-3-1-4-11(10)15-8-7-14-6-2-5-13-14/h2,5-6,10-11H,1,3-4,7-9,12H2. The average molecular weight is 209 g/mol. The molecule has 2 rings (SSSR count). The largest absolute Gasteiger partial charge is 0.376 e. The first-order chi connectivity index (χ1) is 7.40. The minimum Gasteiger partial charge on any atom is -0.376 e. The number of nitrogens with two attached hydrogens (primary N) is 1. The van der Waals surface area contributed by atoms with Gasteiger partial charge in [0.25, 0.3) is 0 Å². The number of hydrogen-bond acceptors (Lipinski definition) is 3. The molecule has 0 spiro atoms. The van der Waals surface area contributed by atoms with Crippen molar-refractivity contribution in [3.63, 3.8) is 0 Å². The molecule has 1 fully saturated rings. The zero-order valence-corrected chi connectivity index (χ0v) is 9.01. The summed E-state index contributed by atoms with van der Waals surface area (Å²) >= 11 is 0. The van der Waals surface area contributed by atoms with Crippen molar-refractivity contribution < 1.29 is 4.74 Å². The lowest BCUT2D eigenvalue weighted by Gasteiger charge is -2.18. The van der Waals surface area contributed by atoms with Gasteiger partial charge < -0.3 is 10.5 Å². The topological polar surface area (TPSA) is 53.1 Å². The molecule has 84 valence electrons. The molecule has 2 atom stereocenters. The van der Waals surface area contributed by atoms with Gasteiger partial charge in [-0.25, -0.2) is 0 Å². The second kappa shape index (κ2) is 5.28. The Kier molecular flexibility index (Phi) is 3.75. The monoisotopic (exact) mass is 209 g/mol. The van der Waals surface area contributed by atoms with E-state index in [1.54, 1.807) is 6.20 Å². The molecule has 0 aromatic carbocycles. The summed E-state index contributed by atoms with van der Waals surface area (Å²) < 4.78 is 7.73. The number of rotatable bonds is 5. The molecule has 2 unspecified atom stereocenters. The van der Waals surface area contributed by atoms with Crippen molar-refractivity contribution in [1.82, 2.24) is 9.78 Å². The Labute approximate surface area is 90.4 Å². The third kappa shape index (κ3) is 2.79. The van der Waals surface area contributed by atoms with Crippen LogP contribution in [-0.4, -0.2) is 29.0 Å². The van der Waals surface area contributed by atoms with Gasteiger partial charge in [-0.15, -0.1) is 0 Å². The normalized spacial score (nSPS) is 25.9. The van der Waals surface area contributed by atoms with Crippen LogP contribution in [0.15, 0.2) is 18.5 Å². The van der Waals surface area contributed by atoms with E-state index in [9.17, 15) is 0 Å². The van der Waals surface area contributed by atoms with Gasteiger partial charge in [0.1, 0.15) is 0 Å². The molecule has 1 aliphatic carbocycles. The molecule has 0 bridgehead atoms. The summed E-state index contributed by atoms with van der Waals surface area (Å²) in [6.07, 6.45) is 7.78. The molecular formula is C11H19N3O. The van der Waals surface area contributed by atoms with Crippen LogP contribution in [0.3, 0.4) is 0 Å². The van der Waals surface area contributed by atoms with Crippen molar-refractivity contribution in [1.29, 1.82) is 0 Å². The lowest BCUT2D eigenvalue weighted by molar-refractivity contribution is 0.0244. The summed E-state index contributed by atoms with van der Waals surface area (Å²) in [5.41, 5.74) is 5.69. The summed E-state index contributed by atoms with van der Waals surface area (Å²) in [4.78, 5) is 0. The molecule has 1 aromatic rings. The third-order valence-electron chi connectivity index (χ3n) is 3.10. The summed E-state index contributed by atoms with van der Waals surface area (Å²) in [5.74, 6) is 0.572. The van der Waals surface area contributed by atoms with Crippen molar-refractivity contribution in [2.45, 2.75) is 31.9 Å². The Morgan fingerprint density at radius 3 is 3.13 bits per heavy atom. The fraction of sp³-hybridized carbons (Fsp3) is 0.727. The molecule has 0 amide bonds. The second-order valence-electron chi connectivity index (χ2n) is 4.11. The van der Waals surface area contributed by atoms with Crippen molar-refractivity contribution in [3.05, 3.63) is 18.5 Å². The van der Waals surface area contributed by atoms with E-state index in [1.165, 1.54) is 19.3 Å². The molecule has 0 radical (unpaired) electrons.